The van der Waals surface area contributed by atoms with Crippen molar-refractivity contribution in [3.8, 4) is 5.75 Å². The largest absolute Gasteiger partial charge is 0.380 e. The molecular weight excluding hydrogens is 382 g/mol. The van der Waals surface area contributed by atoms with Crippen LogP contribution in [0.15, 0.2) is 24.4 Å². The number of benzene rings is 1. The molecule has 0 saturated carbocycles. The Morgan fingerprint density at radius 3 is 2.50 bits per heavy atom. The van der Waals surface area contributed by atoms with Gasteiger partial charge in [0.05, 0.1) is 17.5 Å². The molecule has 1 aromatic heterocycles. The second-order valence-electron chi connectivity index (χ2n) is 6.91. The number of carbonyl (C=O) groups is 1. The van der Waals surface area contributed by atoms with Crippen molar-refractivity contribution in [1.29, 1.82) is 0 Å². The van der Waals surface area contributed by atoms with E-state index in [2.05, 4.69) is 20.6 Å². The fourth-order valence-electron chi connectivity index (χ4n) is 2.20. The van der Waals surface area contributed by atoms with Crippen LogP contribution in [0.4, 0.5) is 17.5 Å². The third-order valence-corrected chi connectivity index (χ3v) is 4.53. The van der Waals surface area contributed by atoms with Crippen LogP contribution in [0, 0.1) is 12.8 Å². The number of rotatable bonds is 8. The minimum Gasteiger partial charge on any atom is -0.380 e. The topological polar surface area (TPSA) is 136 Å². The minimum absolute atomic E-state index is 0.0318. The number of hydrogen-bond acceptors (Lipinski definition) is 8. The van der Waals surface area contributed by atoms with Crippen molar-refractivity contribution in [2.75, 3.05) is 16.9 Å². The van der Waals surface area contributed by atoms with Crippen molar-refractivity contribution in [1.82, 2.24) is 9.97 Å². The highest BCUT2D eigenvalue weighted by Gasteiger charge is 2.17. The van der Waals surface area contributed by atoms with Gasteiger partial charge in [-0.05, 0) is 37.5 Å². The number of aryl methyl sites for hydroxylation is 1. The highest BCUT2D eigenvalue weighted by atomic mass is 32.2. The first-order valence-corrected chi connectivity index (χ1v) is 10.5. The van der Waals surface area contributed by atoms with Gasteiger partial charge in [-0.3, -0.25) is 4.79 Å². The third kappa shape index (κ3) is 5.81. The van der Waals surface area contributed by atoms with Crippen LogP contribution in [0.2, 0.25) is 0 Å². The first-order chi connectivity index (χ1) is 13.0. The van der Waals surface area contributed by atoms with E-state index in [4.69, 9.17) is 9.92 Å². The van der Waals surface area contributed by atoms with Crippen LogP contribution in [0.3, 0.4) is 0 Å². The zero-order chi connectivity index (χ0) is 21.1. The quantitative estimate of drug-likeness (QED) is 0.568. The Kier molecular flexibility index (Phi) is 6.45. The van der Waals surface area contributed by atoms with Gasteiger partial charge in [0.2, 0.25) is 5.95 Å². The molecule has 0 radical (unpaired) electrons. The summed E-state index contributed by atoms with van der Waals surface area (Å²) in [6.07, 6.45) is 2.28. The van der Waals surface area contributed by atoms with Gasteiger partial charge in [-0.1, -0.05) is 19.9 Å². The van der Waals surface area contributed by atoms with Crippen LogP contribution in [-0.4, -0.2) is 36.6 Å². The summed E-state index contributed by atoms with van der Waals surface area (Å²) in [6, 6.07) is 5.06. The average molecular weight is 407 g/mol. The Hall–Kier alpha value is -2.88. The van der Waals surface area contributed by atoms with Crippen molar-refractivity contribution in [2.45, 2.75) is 33.7 Å². The molecule has 1 heterocycles. The molecule has 152 valence electrons. The monoisotopic (exact) mass is 407 g/mol. The molecule has 0 spiro atoms. The van der Waals surface area contributed by atoms with Crippen LogP contribution in [0.5, 0.6) is 5.75 Å². The Bertz CT molecular complexity index is 976. The van der Waals surface area contributed by atoms with Crippen molar-refractivity contribution in [3.63, 3.8) is 0 Å². The van der Waals surface area contributed by atoms with Gasteiger partial charge in [0, 0.05) is 12.2 Å². The molecule has 0 unspecified atom stereocenters. The predicted octanol–water partition coefficient (Wildman–Crippen LogP) is 2.42. The van der Waals surface area contributed by atoms with Crippen molar-refractivity contribution < 1.29 is 17.4 Å². The smallest absolute Gasteiger partial charge is 0.306 e. The highest BCUT2D eigenvalue weighted by molar-refractivity contribution is 7.86. The van der Waals surface area contributed by atoms with E-state index < -0.39 is 16.0 Å². The molecule has 1 atom stereocenters. The molecule has 4 N–H and O–H groups in total. The molecular formula is C18H25N5O4S. The number of nitrogens with zero attached hydrogens (tertiary/aromatic N) is 2. The zero-order valence-corrected chi connectivity index (χ0v) is 17.3. The summed E-state index contributed by atoms with van der Waals surface area (Å²) < 4.78 is 28.1. The van der Waals surface area contributed by atoms with E-state index in [0.29, 0.717) is 17.4 Å². The molecule has 0 bridgehead atoms. The number of anilines is 3. The molecule has 0 saturated heterocycles. The number of carbonyl (C=O) groups excluding carboxylic acids is 1. The van der Waals surface area contributed by atoms with Crippen LogP contribution >= 0.6 is 0 Å². The van der Waals surface area contributed by atoms with E-state index in [9.17, 15) is 13.2 Å². The first-order valence-electron chi connectivity index (χ1n) is 8.66. The highest BCUT2D eigenvalue weighted by Crippen LogP contribution is 2.29. The van der Waals surface area contributed by atoms with Gasteiger partial charge >= 0.3 is 10.1 Å². The molecule has 0 aliphatic rings. The fraction of sp³-hybridized carbons (Fsp3) is 0.389. The maximum Gasteiger partial charge on any atom is 0.306 e. The fourth-order valence-corrected chi connectivity index (χ4v) is 2.66. The summed E-state index contributed by atoms with van der Waals surface area (Å²) in [5.41, 5.74) is 6.76. The van der Waals surface area contributed by atoms with Gasteiger partial charge in [0.25, 0.3) is 5.91 Å². The van der Waals surface area contributed by atoms with Crippen LogP contribution in [0.1, 0.15) is 36.7 Å². The molecule has 28 heavy (non-hydrogen) atoms. The summed E-state index contributed by atoms with van der Waals surface area (Å²) >= 11 is 0. The van der Waals surface area contributed by atoms with Gasteiger partial charge in [-0.2, -0.15) is 13.4 Å². The van der Waals surface area contributed by atoms with Gasteiger partial charge in [-0.25, -0.2) is 4.98 Å². The van der Waals surface area contributed by atoms with Crippen molar-refractivity contribution in [3.05, 3.63) is 35.5 Å². The summed E-state index contributed by atoms with van der Waals surface area (Å²) in [7, 11) is -3.71. The molecule has 0 aliphatic heterocycles. The van der Waals surface area contributed by atoms with Crippen LogP contribution < -0.4 is 20.6 Å². The molecule has 10 heteroatoms. The standard InChI is InChI=1S/C18H25N5O4S/c1-10(2)12(4)21-17-13(16(19)24)9-20-18(23-17)22-14-7-6-11(3)8-15(14)27-28(5,25)26/h6-10,12H,1-5H3,(H2,19,24)(H2,20,21,22,23)/t12-/m1/s1. The summed E-state index contributed by atoms with van der Waals surface area (Å²) in [5.74, 6) is 0.213. The van der Waals surface area contributed by atoms with Crippen molar-refractivity contribution in [2.24, 2.45) is 11.7 Å². The predicted molar refractivity (Wildman–Crippen MR) is 108 cm³/mol. The van der Waals surface area contributed by atoms with Crippen LogP contribution in [-0.2, 0) is 10.1 Å². The summed E-state index contributed by atoms with van der Waals surface area (Å²) in [6.45, 7) is 7.83. The normalized spacial score (nSPS) is 12.5. The number of aromatic nitrogens is 2. The van der Waals surface area contributed by atoms with E-state index in [1.807, 2.05) is 27.7 Å². The van der Waals surface area contributed by atoms with E-state index in [-0.39, 0.29) is 23.3 Å². The molecule has 1 aromatic carbocycles. The molecule has 1 amide bonds. The lowest BCUT2D eigenvalue weighted by Crippen LogP contribution is -2.25. The van der Waals surface area contributed by atoms with Gasteiger partial charge in [0.1, 0.15) is 5.82 Å². The molecule has 2 rings (SSSR count). The summed E-state index contributed by atoms with van der Waals surface area (Å²) in [5, 5.41) is 6.09. The van der Waals surface area contributed by atoms with E-state index in [0.717, 1.165) is 11.8 Å². The van der Waals surface area contributed by atoms with Crippen molar-refractivity contribution >= 4 is 33.5 Å². The first kappa shape index (κ1) is 21.4. The zero-order valence-electron chi connectivity index (χ0n) is 16.5. The number of nitrogens with two attached hydrogens (primary N) is 1. The lowest BCUT2D eigenvalue weighted by molar-refractivity contribution is 0.100. The molecule has 2 aromatic rings. The van der Waals surface area contributed by atoms with Gasteiger partial charge in [0.15, 0.2) is 5.75 Å². The van der Waals surface area contributed by atoms with E-state index in [1.54, 1.807) is 18.2 Å². The minimum atomic E-state index is -3.71. The Balaban J connectivity index is 2.40. The average Bonchev–Trinajstić information content (AvgIpc) is 2.55. The molecule has 0 fully saturated rings. The van der Waals surface area contributed by atoms with E-state index in [1.165, 1.54) is 6.20 Å². The van der Waals surface area contributed by atoms with Crippen LogP contribution in [0.25, 0.3) is 0 Å². The van der Waals surface area contributed by atoms with Gasteiger partial charge < -0.3 is 20.6 Å². The summed E-state index contributed by atoms with van der Waals surface area (Å²) in [4.78, 5) is 20.1. The second-order valence-corrected chi connectivity index (χ2v) is 8.48. The SMILES string of the molecule is Cc1ccc(Nc2ncc(C(N)=O)c(N[C@H](C)C(C)C)n2)c(OS(C)(=O)=O)c1. The Labute approximate surface area is 164 Å². The second kappa shape index (κ2) is 8.42. The number of hydrogen-bond donors (Lipinski definition) is 3. The number of primary amides is 1. The molecule has 9 nitrogen and oxygen atoms in total. The third-order valence-electron chi connectivity index (χ3n) is 4.04. The number of amides is 1. The Morgan fingerprint density at radius 1 is 1.25 bits per heavy atom. The molecule has 0 aliphatic carbocycles. The van der Waals surface area contributed by atoms with Gasteiger partial charge in [-0.15, -0.1) is 0 Å². The Morgan fingerprint density at radius 2 is 1.93 bits per heavy atom. The lowest BCUT2D eigenvalue weighted by atomic mass is 10.1. The number of nitrogens with one attached hydrogen (secondary N) is 2. The lowest BCUT2D eigenvalue weighted by Gasteiger charge is -2.20. The van der Waals surface area contributed by atoms with E-state index >= 15 is 0 Å². The maximum absolute atomic E-state index is 11.7. The maximum atomic E-state index is 11.7.